The van der Waals surface area contributed by atoms with Crippen molar-refractivity contribution in [3.63, 3.8) is 0 Å². The van der Waals surface area contributed by atoms with Crippen molar-refractivity contribution in [3.05, 3.63) is 0 Å². The average Bonchev–Trinajstić information content (AvgIpc) is 3.31. The Morgan fingerprint density at radius 1 is 0.767 bits per heavy atom. The van der Waals surface area contributed by atoms with Gasteiger partial charge >= 0.3 is 0 Å². The number of unbranched alkanes of at least 4 members (excludes halogenated alkanes) is 1. The quantitative estimate of drug-likeness (QED) is 0.486. The molecular formula is C29H54O. The average molecular weight is 419 g/mol. The lowest BCUT2D eigenvalue weighted by molar-refractivity contribution is -0.132. The molecule has 5 saturated carbocycles. The third kappa shape index (κ3) is 3.18. The highest BCUT2D eigenvalue weighted by Crippen LogP contribution is 2.86. The largest absolute Gasteiger partial charge is 0.393 e. The van der Waals surface area contributed by atoms with E-state index in [1.807, 2.05) is 27.7 Å². The summed E-state index contributed by atoms with van der Waals surface area (Å²) in [5.41, 5.74) is 2.12. The minimum Gasteiger partial charge on any atom is -0.393 e. The van der Waals surface area contributed by atoms with Crippen molar-refractivity contribution in [2.75, 3.05) is 0 Å². The van der Waals surface area contributed by atoms with Crippen LogP contribution in [-0.4, -0.2) is 11.2 Å². The first-order chi connectivity index (χ1) is 14.3. The molecule has 5 aliphatic rings. The van der Waals surface area contributed by atoms with Gasteiger partial charge < -0.3 is 5.11 Å². The Hall–Kier alpha value is -0.0400. The third-order valence-electron chi connectivity index (χ3n) is 11.4. The summed E-state index contributed by atoms with van der Waals surface area (Å²) in [5.74, 6) is 3.85. The first-order valence-corrected chi connectivity index (χ1v) is 14.0. The lowest BCUT2D eigenvalue weighted by atomic mass is 9.46. The minimum atomic E-state index is -0.0638. The summed E-state index contributed by atoms with van der Waals surface area (Å²) in [6.07, 6.45) is 17.1. The lowest BCUT2D eigenvalue weighted by Gasteiger charge is -2.59. The summed E-state index contributed by atoms with van der Waals surface area (Å²) in [6, 6.07) is 0. The van der Waals surface area contributed by atoms with Crippen LogP contribution in [0.2, 0.25) is 0 Å². The van der Waals surface area contributed by atoms with Crippen LogP contribution in [0.3, 0.4) is 0 Å². The van der Waals surface area contributed by atoms with Crippen molar-refractivity contribution < 1.29 is 5.11 Å². The second kappa shape index (κ2) is 8.72. The molecule has 8 atom stereocenters. The zero-order chi connectivity index (χ0) is 22.4. The van der Waals surface area contributed by atoms with Crippen molar-refractivity contribution in [1.82, 2.24) is 0 Å². The number of aliphatic hydroxyl groups excluding tert-OH is 1. The van der Waals surface area contributed by atoms with Gasteiger partial charge in [0.25, 0.3) is 0 Å². The summed E-state index contributed by atoms with van der Waals surface area (Å²) >= 11 is 0. The molecule has 1 nitrogen and oxygen atoms in total. The smallest absolute Gasteiger partial charge is 0.0594 e. The van der Waals surface area contributed by atoms with Gasteiger partial charge in [0, 0.05) is 0 Å². The second-order valence-electron chi connectivity index (χ2n) is 12.1. The fraction of sp³-hybridized carbons (Fsp3) is 1.00. The molecular weight excluding hydrogens is 364 g/mol. The standard InChI is InChI=1S/C25H42O.2C2H6/c1-5-6-7-17-8-9-18-19-10-11-20-22(2,3)21(26)12-13-25(20)16-24(19,25)15-14-23(17,18)4;2*1-2/h17-21,26H,5-16H2,1-4H3;2*1-2H3. The SMILES string of the molecule is CC.CC.CCCCC1CCC2C3CCC4C(C)(C)C(O)CCC45CC35CCC12C. The summed E-state index contributed by atoms with van der Waals surface area (Å²) in [5, 5.41) is 10.7. The summed E-state index contributed by atoms with van der Waals surface area (Å²) in [6.45, 7) is 17.8. The predicted molar refractivity (Wildman–Crippen MR) is 130 cm³/mol. The van der Waals surface area contributed by atoms with E-state index in [0.717, 1.165) is 30.1 Å². The van der Waals surface area contributed by atoms with Crippen LogP contribution in [0.15, 0.2) is 0 Å². The molecule has 0 amide bonds. The van der Waals surface area contributed by atoms with Gasteiger partial charge in [-0.2, -0.15) is 0 Å². The van der Waals surface area contributed by atoms with Crippen LogP contribution in [0.25, 0.3) is 0 Å². The molecule has 0 aromatic carbocycles. The van der Waals surface area contributed by atoms with Crippen molar-refractivity contribution in [2.24, 2.45) is 45.3 Å². The predicted octanol–water partition coefficient (Wildman–Crippen LogP) is 8.64. The van der Waals surface area contributed by atoms with E-state index in [0.29, 0.717) is 16.2 Å². The highest BCUT2D eigenvalue weighted by Gasteiger charge is 2.79. The Morgan fingerprint density at radius 3 is 2.10 bits per heavy atom. The normalized spacial score (nSPS) is 49.7. The van der Waals surface area contributed by atoms with E-state index >= 15 is 0 Å². The molecule has 176 valence electrons. The fourth-order valence-corrected chi connectivity index (χ4v) is 9.90. The van der Waals surface area contributed by atoms with E-state index in [2.05, 4.69) is 27.7 Å². The maximum atomic E-state index is 10.7. The van der Waals surface area contributed by atoms with Crippen molar-refractivity contribution >= 4 is 0 Å². The molecule has 5 aliphatic carbocycles. The number of hydrogen-bond acceptors (Lipinski definition) is 1. The monoisotopic (exact) mass is 418 g/mol. The number of fused-ring (bicyclic) bond motifs is 2. The van der Waals surface area contributed by atoms with E-state index in [1.165, 1.54) is 70.6 Å². The van der Waals surface area contributed by atoms with Crippen LogP contribution < -0.4 is 0 Å². The maximum absolute atomic E-state index is 10.7. The molecule has 5 fully saturated rings. The number of hydrogen-bond donors (Lipinski definition) is 1. The molecule has 0 radical (unpaired) electrons. The molecule has 0 aromatic heterocycles. The molecule has 0 saturated heterocycles. The van der Waals surface area contributed by atoms with Gasteiger partial charge in [-0.05, 0) is 110 Å². The molecule has 0 aliphatic heterocycles. The van der Waals surface area contributed by atoms with E-state index < -0.39 is 0 Å². The molecule has 0 bridgehead atoms. The highest BCUT2D eigenvalue weighted by atomic mass is 16.3. The third-order valence-corrected chi connectivity index (χ3v) is 11.4. The van der Waals surface area contributed by atoms with E-state index in [4.69, 9.17) is 0 Å². The Kier molecular flexibility index (Phi) is 7.15. The van der Waals surface area contributed by atoms with Gasteiger partial charge in [-0.15, -0.1) is 0 Å². The highest BCUT2D eigenvalue weighted by molar-refractivity contribution is 5.28. The zero-order valence-electron chi connectivity index (χ0n) is 21.8. The first-order valence-electron chi connectivity index (χ1n) is 14.0. The van der Waals surface area contributed by atoms with Crippen LogP contribution in [0, 0.1) is 45.3 Å². The number of rotatable bonds is 3. The Morgan fingerprint density at radius 2 is 1.43 bits per heavy atom. The van der Waals surface area contributed by atoms with Crippen molar-refractivity contribution in [2.45, 2.75) is 139 Å². The van der Waals surface area contributed by atoms with Crippen molar-refractivity contribution in [1.29, 1.82) is 0 Å². The topological polar surface area (TPSA) is 20.2 Å². The lowest BCUT2D eigenvalue weighted by Crippen LogP contribution is -2.54. The first kappa shape index (κ1) is 24.6. The molecule has 0 heterocycles. The van der Waals surface area contributed by atoms with Crippen LogP contribution in [0.4, 0.5) is 0 Å². The van der Waals surface area contributed by atoms with Crippen LogP contribution in [-0.2, 0) is 0 Å². The zero-order valence-corrected chi connectivity index (χ0v) is 21.8. The molecule has 0 aromatic rings. The Balaban J connectivity index is 0.000000606. The number of aliphatic hydroxyl groups is 1. The van der Waals surface area contributed by atoms with E-state index in [-0.39, 0.29) is 11.5 Å². The summed E-state index contributed by atoms with van der Waals surface area (Å²) in [4.78, 5) is 0. The Bertz CT molecular complexity index is 581. The molecule has 8 unspecified atom stereocenters. The van der Waals surface area contributed by atoms with Crippen LogP contribution in [0.1, 0.15) is 132 Å². The van der Waals surface area contributed by atoms with E-state index in [9.17, 15) is 5.11 Å². The Labute approximate surface area is 189 Å². The van der Waals surface area contributed by atoms with Crippen molar-refractivity contribution in [3.8, 4) is 0 Å². The van der Waals surface area contributed by atoms with Gasteiger partial charge in [0.05, 0.1) is 6.10 Å². The van der Waals surface area contributed by atoms with Crippen LogP contribution >= 0.6 is 0 Å². The van der Waals surface area contributed by atoms with Gasteiger partial charge in [-0.25, -0.2) is 0 Å². The minimum absolute atomic E-state index is 0.0638. The summed E-state index contributed by atoms with van der Waals surface area (Å²) < 4.78 is 0. The van der Waals surface area contributed by atoms with Gasteiger partial charge in [-0.3, -0.25) is 0 Å². The van der Waals surface area contributed by atoms with Gasteiger partial charge in [0.15, 0.2) is 0 Å². The second-order valence-corrected chi connectivity index (χ2v) is 12.1. The molecule has 1 N–H and O–H groups in total. The van der Waals surface area contributed by atoms with Gasteiger partial charge in [0.1, 0.15) is 0 Å². The maximum Gasteiger partial charge on any atom is 0.0594 e. The van der Waals surface area contributed by atoms with Gasteiger partial charge in [-0.1, -0.05) is 68.2 Å². The molecule has 5 rings (SSSR count). The molecule has 30 heavy (non-hydrogen) atoms. The molecule has 1 heteroatoms. The van der Waals surface area contributed by atoms with Crippen LogP contribution in [0.5, 0.6) is 0 Å². The van der Waals surface area contributed by atoms with Gasteiger partial charge in [0.2, 0.25) is 0 Å². The summed E-state index contributed by atoms with van der Waals surface area (Å²) in [7, 11) is 0. The van der Waals surface area contributed by atoms with E-state index in [1.54, 1.807) is 0 Å². The fourth-order valence-electron chi connectivity index (χ4n) is 9.90. The molecule has 2 spiro atoms.